The smallest absolute Gasteiger partial charge is 0.411 e. The molecule has 5 nitrogen and oxygen atoms in total. The molecule has 0 aliphatic carbocycles. The minimum Gasteiger partial charge on any atom is -0.479 e. The van der Waals surface area contributed by atoms with Crippen LogP contribution in [-0.2, 0) is 9.53 Å². The number of carboxylic acids is 1. The predicted octanol–water partition coefficient (Wildman–Crippen LogP) is 2.42. The Morgan fingerprint density at radius 3 is 2.56 bits per heavy atom. The van der Waals surface area contributed by atoms with Gasteiger partial charge in [0, 0.05) is 6.54 Å². The highest BCUT2D eigenvalue weighted by Crippen LogP contribution is 2.23. The van der Waals surface area contributed by atoms with Crippen molar-refractivity contribution in [1.82, 2.24) is 4.90 Å². The molecule has 18 heavy (non-hydrogen) atoms. The molecule has 0 saturated heterocycles. The Balaban J connectivity index is 2.90. The number of hydrogen-bond donors (Lipinski definition) is 1. The first-order valence-corrected chi connectivity index (χ1v) is 6.17. The van der Waals surface area contributed by atoms with Gasteiger partial charge in [-0.2, -0.15) is 0 Å². The van der Waals surface area contributed by atoms with E-state index in [1.165, 1.54) is 4.90 Å². The van der Waals surface area contributed by atoms with Gasteiger partial charge in [0.15, 0.2) is 6.04 Å². The highest BCUT2D eigenvalue weighted by atomic mass is 16.6. The molecule has 1 aliphatic rings. The Labute approximate surface area is 107 Å². The van der Waals surface area contributed by atoms with Crippen LogP contribution in [0.2, 0.25) is 0 Å². The Morgan fingerprint density at radius 2 is 2.11 bits per heavy atom. The fourth-order valence-corrected chi connectivity index (χ4v) is 1.98. The van der Waals surface area contributed by atoms with E-state index in [1.807, 2.05) is 13.0 Å². The van der Waals surface area contributed by atoms with Gasteiger partial charge in [0.2, 0.25) is 0 Å². The summed E-state index contributed by atoms with van der Waals surface area (Å²) in [4.78, 5) is 24.6. The fraction of sp³-hybridized carbons (Fsp3) is 0.692. The molecule has 0 radical (unpaired) electrons. The van der Waals surface area contributed by atoms with Gasteiger partial charge >= 0.3 is 12.1 Å². The minimum absolute atomic E-state index is 0.384. The van der Waals surface area contributed by atoms with Crippen LogP contribution < -0.4 is 0 Å². The lowest BCUT2D eigenvalue weighted by Crippen LogP contribution is -2.50. The van der Waals surface area contributed by atoms with Gasteiger partial charge in [0.1, 0.15) is 5.60 Å². The van der Waals surface area contributed by atoms with Crippen molar-refractivity contribution in [1.29, 1.82) is 0 Å². The molecule has 1 unspecified atom stereocenters. The van der Waals surface area contributed by atoms with Gasteiger partial charge in [-0.25, -0.2) is 9.59 Å². The topological polar surface area (TPSA) is 66.8 Å². The number of carbonyl (C=O) groups is 2. The summed E-state index contributed by atoms with van der Waals surface area (Å²) in [5.74, 6) is -1.01. The molecule has 0 aromatic carbocycles. The molecule has 0 aromatic rings. The van der Waals surface area contributed by atoms with Crippen molar-refractivity contribution in [3.05, 3.63) is 11.6 Å². The average Bonchev–Trinajstić information content (AvgIpc) is 2.25. The molecule has 0 bridgehead atoms. The molecule has 0 spiro atoms. The number of ether oxygens (including phenoxy) is 1. The molecule has 0 saturated carbocycles. The SMILES string of the molecule is CCC1=CCCN(C(=O)OC(C)(C)C)C1C(=O)O. The van der Waals surface area contributed by atoms with Crippen LogP contribution >= 0.6 is 0 Å². The molecule has 1 heterocycles. The van der Waals surface area contributed by atoms with E-state index in [0.717, 1.165) is 5.57 Å². The van der Waals surface area contributed by atoms with Crippen molar-refractivity contribution < 1.29 is 19.4 Å². The monoisotopic (exact) mass is 255 g/mol. The molecule has 0 fully saturated rings. The Kier molecular flexibility index (Phi) is 4.38. The van der Waals surface area contributed by atoms with E-state index in [-0.39, 0.29) is 0 Å². The highest BCUT2D eigenvalue weighted by Gasteiger charge is 2.36. The third-order valence-electron chi connectivity index (χ3n) is 2.71. The summed E-state index contributed by atoms with van der Waals surface area (Å²) in [6.07, 6.45) is 2.64. The molecule has 1 atom stereocenters. The van der Waals surface area contributed by atoms with Gasteiger partial charge < -0.3 is 9.84 Å². The van der Waals surface area contributed by atoms with Crippen molar-refractivity contribution >= 4 is 12.1 Å². The maximum Gasteiger partial charge on any atom is 0.411 e. The van der Waals surface area contributed by atoms with Gasteiger partial charge in [-0.05, 0) is 39.2 Å². The molecular formula is C13H21NO4. The molecule has 1 N–H and O–H groups in total. The van der Waals surface area contributed by atoms with E-state index in [9.17, 15) is 14.7 Å². The van der Waals surface area contributed by atoms with Crippen LogP contribution in [0.1, 0.15) is 40.5 Å². The summed E-state index contributed by atoms with van der Waals surface area (Å²) >= 11 is 0. The normalized spacial score (nSPS) is 20.3. The number of rotatable bonds is 2. The second-order valence-electron chi connectivity index (χ2n) is 5.34. The van der Waals surface area contributed by atoms with E-state index in [1.54, 1.807) is 20.8 Å². The van der Waals surface area contributed by atoms with Gasteiger partial charge in [-0.1, -0.05) is 13.0 Å². The third kappa shape index (κ3) is 3.48. The van der Waals surface area contributed by atoms with Crippen LogP contribution in [0.15, 0.2) is 11.6 Å². The van der Waals surface area contributed by atoms with Crippen LogP contribution in [0.5, 0.6) is 0 Å². The summed E-state index contributed by atoms with van der Waals surface area (Å²) in [5.41, 5.74) is 0.146. The van der Waals surface area contributed by atoms with Crippen molar-refractivity contribution in [2.45, 2.75) is 52.2 Å². The van der Waals surface area contributed by atoms with Crippen molar-refractivity contribution in [2.24, 2.45) is 0 Å². The van der Waals surface area contributed by atoms with E-state index < -0.39 is 23.7 Å². The number of hydrogen-bond acceptors (Lipinski definition) is 3. The van der Waals surface area contributed by atoms with E-state index in [2.05, 4.69) is 0 Å². The summed E-state index contributed by atoms with van der Waals surface area (Å²) in [7, 11) is 0. The standard InChI is InChI=1S/C13H21NO4/c1-5-9-7-6-8-14(10(9)11(15)16)12(17)18-13(2,3)4/h7,10H,5-6,8H2,1-4H3,(H,15,16). The van der Waals surface area contributed by atoms with Crippen LogP contribution in [0.3, 0.4) is 0 Å². The van der Waals surface area contributed by atoms with Crippen molar-refractivity contribution in [3.8, 4) is 0 Å². The maximum atomic E-state index is 12.0. The van der Waals surface area contributed by atoms with Gasteiger partial charge in [0.25, 0.3) is 0 Å². The number of aliphatic carboxylic acids is 1. The first-order valence-electron chi connectivity index (χ1n) is 6.17. The largest absolute Gasteiger partial charge is 0.479 e. The van der Waals surface area contributed by atoms with Crippen LogP contribution in [-0.4, -0.2) is 40.3 Å². The Bertz CT molecular complexity index is 368. The summed E-state index contributed by atoms with van der Waals surface area (Å²) in [5, 5.41) is 9.27. The van der Waals surface area contributed by atoms with Crippen molar-refractivity contribution in [2.75, 3.05) is 6.54 Å². The van der Waals surface area contributed by atoms with Gasteiger partial charge in [-0.15, -0.1) is 0 Å². The molecule has 1 amide bonds. The number of carboxylic acid groups (broad SMARTS) is 1. The zero-order valence-corrected chi connectivity index (χ0v) is 11.4. The first kappa shape index (κ1) is 14.5. The van der Waals surface area contributed by atoms with Gasteiger partial charge in [-0.3, -0.25) is 4.90 Å². The predicted molar refractivity (Wildman–Crippen MR) is 67.4 cm³/mol. The lowest BCUT2D eigenvalue weighted by molar-refractivity contribution is -0.142. The summed E-state index contributed by atoms with van der Waals surface area (Å²) in [6, 6.07) is -0.890. The molecule has 5 heteroatoms. The van der Waals surface area contributed by atoms with Gasteiger partial charge in [0.05, 0.1) is 0 Å². The quantitative estimate of drug-likeness (QED) is 0.769. The first-order chi connectivity index (χ1) is 8.26. The fourth-order valence-electron chi connectivity index (χ4n) is 1.98. The molecular weight excluding hydrogens is 234 g/mol. The Hall–Kier alpha value is -1.52. The lowest BCUT2D eigenvalue weighted by atomic mass is 9.98. The lowest BCUT2D eigenvalue weighted by Gasteiger charge is -2.34. The van der Waals surface area contributed by atoms with Crippen LogP contribution in [0, 0.1) is 0 Å². The summed E-state index contributed by atoms with van der Waals surface area (Å²) in [6.45, 7) is 7.57. The van der Waals surface area contributed by atoms with E-state index in [0.29, 0.717) is 19.4 Å². The third-order valence-corrected chi connectivity index (χ3v) is 2.71. The second-order valence-corrected chi connectivity index (χ2v) is 5.34. The highest BCUT2D eigenvalue weighted by molar-refractivity contribution is 5.83. The number of nitrogens with zero attached hydrogens (tertiary/aromatic N) is 1. The number of amides is 1. The average molecular weight is 255 g/mol. The van der Waals surface area contributed by atoms with E-state index >= 15 is 0 Å². The zero-order valence-electron chi connectivity index (χ0n) is 11.4. The number of carbonyl (C=O) groups excluding carboxylic acids is 1. The molecule has 1 aliphatic heterocycles. The maximum absolute atomic E-state index is 12.0. The van der Waals surface area contributed by atoms with Crippen LogP contribution in [0.25, 0.3) is 0 Å². The zero-order chi connectivity index (χ0) is 13.9. The summed E-state index contributed by atoms with van der Waals surface area (Å²) < 4.78 is 5.25. The Morgan fingerprint density at radius 1 is 1.50 bits per heavy atom. The van der Waals surface area contributed by atoms with Crippen molar-refractivity contribution in [3.63, 3.8) is 0 Å². The second kappa shape index (κ2) is 5.42. The van der Waals surface area contributed by atoms with E-state index in [4.69, 9.17) is 4.74 Å². The molecule has 1 rings (SSSR count). The molecule has 0 aromatic heterocycles. The van der Waals surface area contributed by atoms with Crippen LogP contribution in [0.4, 0.5) is 4.79 Å². The molecule has 102 valence electrons. The minimum atomic E-state index is -1.01.